The minimum absolute atomic E-state index is 0.0694. The van der Waals surface area contributed by atoms with Crippen LogP contribution >= 0.6 is 0 Å². The first-order valence-corrected chi connectivity index (χ1v) is 12.7. The van der Waals surface area contributed by atoms with E-state index in [1.165, 1.54) is 24.3 Å². The Morgan fingerprint density at radius 2 is 1.71 bits per heavy atom. The number of phenols is 1. The number of ether oxygens (including phenoxy) is 1. The molecular formula is C30H28F3NO4. The lowest BCUT2D eigenvalue weighted by Gasteiger charge is -2.35. The summed E-state index contributed by atoms with van der Waals surface area (Å²) in [6.07, 6.45) is -1.10. The standard InChI is InChI=1S/C30H28F3NO4/c1-2-21-10-6-7-17-34(21)18-24-25(35)16-15-23-26(36)28(29(30(31,32)33)38-27(23)24)37-22-13-11-20(12-14-22)19-8-4-3-5-9-19/h3-5,8-9,11-16,21,35H,2,6-7,10,17-18H2,1H3/t21-/m1/s1. The normalized spacial score (nSPS) is 16.6. The van der Waals surface area contributed by atoms with Gasteiger partial charge in [0.2, 0.25) is 11.2 Å². The van der Waals surface area contributed by atoms with Gasteiger partial charge in [0.05, 0.1) is 10.9 Å². The van der Waals surface area contributed by atoms with Crippen LogP contribution in [0, 0.1) is 0 Å². The molecule has 1 fully saturated rings. The predicted octanol–water partition coefficient (Wildman–Crippen LogP) is 7.74. The summed E-state index contributed by atoms with van der Waals surface area (Å²) in [7, 11) is 0. The van der Waals surface area contributed by atoms with Crippen molar-refractivity contribution in [2.24, 2.45) is 0 Å². The van der Waals surface area contributed by atoms with E-state index in [9.17, 15) is 23.1 Å². The third kappa shape index (κ3) is 5.13. The lowest BCUT2D eigenvalue weighted by molar-refractivity contribution is -0.154. The van der Waals surface area contributed by atoms with Gasteiger partial charge in [-0.15, -0.1) is 0 Å². The molecule has 1 aliphatic rings. The minimum atomic E-state index is -4.99. The summed E-state index contributed by atoms with van der Waals surface area (Å²) in [5, 5.41) is 10.5. The summed E-state index contributed by atoms with van der Waals surface area (Å²) in [5.41, 5.74) is 0.741. The van der Waals surface area contributed by atoms with Gasteiger partial charge in [0.15, 0.2) is 0 Å². The zero-order valence-electron chi connectivity index (χ0n) is 20.9. The molecule has 2 heterocycles. The summed E-state index contributed by atoms with van der Waals surface area (Å²) in [4.78, 5) is 15.5. The average Bonchev–Trinajstić information content (AvgIpc) is 2.92. The number of piperidine rings is 1. The Balaban J connectivity index is 1.56. The van der Waals surface area contributed by atoms with Crippen LogP contribution in [0.1, 0.15) is 43.9 Å². The van der Waals surface area contributed by atoms with Crippen LogP contribution in [0.3, 0.4) is 0 Å². The molecule has 4 aromatic rings. The highest BCUT2D eigenvalue weighted by Crippen LogP contribution is 2.40. The number of benzene rings is 3. The molecule has 0 spiro atoms. The first-order valence-electron chi connectivity index (χ1n) is 12.7. The number of aromatic hydroxyl groups is 1. The lowest BCUT2D eigenvalue weighted by atomic mass is 9.98. The zero-order chi connectivity index (χ0) is 26.9. The molecule has 5 rings (SSSR count). The second-order valence-electron chi connectivity index (χ2n) is 9.55. The largest absolute Gasteiger partial charge is 0.507 e. The third-order valence-corrected chi connectivity index (χ3v) is 7.12. The Bertz CT molecular complexity index is 1480. The molecule has 1 N–H and O–H groups in total. The molecule has 0 saturated carbocycles. The molecule has 0 bridgehead atoms. The topological polar surface area (TPSA) is 62.9 Å². The third-order valence-electron chi connectivity index (χ3n) is 7.12. The Kier molecular flexibility index (Phi) is 7.17. The van der Waals surface area contributed by atoms with Crippen molar-refractivity contribution in [1.29, 1.82) is 0 Å². The van der Waals surface area contributed by atoms with Crippen LogP contribution in [0.2, 0.25) is 0 Å². The first kappa shape index (κ1) is 25.9. The van der Waals surface area contributed by atoms with E-state index in [1.807, 2.05) is 30.3 Å². The summed E-state index contributed by atoms with van der Waals surface area (Å²) in [6, 6.07) is 18.8. The van der Waals surface area contributed by atoms with Gasteiger partial charge in [-0.2, -0.15) is 13.2 Å². The molecule has 38 heavy (non-hydrogen) atoms. The number of alkyl halides is 3. The van der Waals surface area contributed by atoms with Gasteiger partial charge in [0.25, 0.3) is 5.76 Å². The highest BCUT2D eigenvalue weighted by atomic mass is 19.4. The van der Waals surface area contributed by atoms with Gasteiger partial charge < -0.3 is 14.3 Å². The summed E-state index contributed by atoms with van der Waals surface area (Å²) < 4.78 is 53.4. The van der Waals surface area contributed by atoms with E-state index in [-0.39, 0.29) is 40.6 Å². The molecule has 1 aromatic heterocycles. The Labute approximate surface area is 218 Å². The second-order valence-corrected chi connectivity index (χ2v) is 9.55. The van der Waals surface area contributed by atoms with Gasteiger partial charge in [0, 0.05) is 12.6 Å². The molecule has 0 amide bonds. The highest BCUT2D eigenvalue weighted by molar-refractivity contribution is 5.83. The molecule has 0 radical (unpaired) electrons. The van der Waals surface area contributed by atoms with Crippen LogP contribution in [0.25, 0.3) is 22.1 Å². The number of halogens is 3. The van der Waals surface area contributed by atoms with Crippen molar-refractivity contribution in [3.05, 3.63) is 88.3 Å². The molecule has 198 valence electrons. The maximum Gasteiger partial charge on any atom is 0.453 e. The van der Waals surface area contributed by atoms with E-state index in [2.05, 4.69) is 11.8 Å². The number of phenolic OH excluding ortho intramolecular Hbond substituents is 1. The van der Waals surface area contributed by atoms with E-state index < -0.39 is 23.1 Å². The fourth-order valence-corrected chi connectivity index (χ4v) is 5.12. The molecule has 0 unspecified atom stereocenters. The SMILES string of the molecule is CC[C@@H]1CCCCN1Cc1c(O)ccc2c(=O)c(Oc3ccc(-c4ccccc4)cc3)c(C(F)(F)F)oc12. The average molecular weight is 524 g/mol. The van der Waals surface area contributed by atoms with Crippen molar-refractivity contribution in [3.63, 3.8) is 0 Å². The fraction of sp³-hybridized carbons (Fsp3) is 0.300. The van der Waals surface area contributed by atoms with Crippen molar-refractivity contribution in [2.45, 2.75) is 51.4 Å². The summed E-state index contributed by atoms with van der Waals surface area (Å²) in [5.74, 6) is -2.60. The number of hydrogen-bond acceptors (Lipinski definition) is 5. The first-order chi connectivity index (χ1) is 18.3. The number of rotatable bonds is 6. The van der Waals surface area contributed by atoms with Gasteiger partial charge in [-0.05, 0) is 61.2 Å². The summed E-state index contributed by atoms with van der Waals surface area (Å²) >= 11 is 0. The molecule has 5 nitrogen and oxygen atoms in total. The van der Waals surface area contributed by atoms with Crippen LogP contribution in [-0.4, -0.2) is 22.6 Å². The van der Waals surface area contributed by atoms with Crippen LogP contribution in [0.4, 0.5) is 13.2 Å². The van der Waals surface area contributed by atoms with E-state index in [1.54, 1.807) is 12.1 Å². The van der Waals surface area contributed by atoms with E-state index >= 15 is 0 Å². The van der Waals surface area contributed by atoms with Crippen molar-refractivity contribution >= 4 is 11.0 Å². The van der Waals surface area contributed by atoms with Gasteiger partial charge >= 0.3 is 6.18 Å². The molecule has 1 saturated heterocycles. The number of hydrogen-bond donors (Lipinski definition) is 1. The maximum atomic E-state index is 14.2. The molecule has 1 atom stereocenters. The maximum absolute atomic E-state index is 14.2. The number of fused-ring (bicyclic) bond motifs is 1. The van der Waals surface area contributed by atoms with Crippen molar-refractivity contribution in [2.75, 3.05) is 6.54 Å². The van der Waals surface area contributed by atoms with Crippen LogP contribution in [0.15, 0.2) is 75.9 Å². The molecule has 8 heteroatoms. The van der Waals surface area contributed by atoms with Gasteiger partial charge in [0.1, 0.15) is 17.1 Å². The van der Waals surface area contributed by atoms with Gasteiger partial charge in [-0.25, -0.2) is 0 Å². The van der Waals surface area contributed by atoms with Crippen LogP contribution in [0.5, 0.6) is 17.2 Å². The second kappa shape index (κ2) is 10.5. The minimum Gasteiger partial charge on any atom is -0.507 e. The lowest BCUT2D eigenvalue weighted by Crippen LogP contribution is -2.38. The fourth-order valence-electron chi connectivity index (χ4n) is 5.12. The molecule has 3 aromatic carbocycles. The Morgan fingerprint density at radius 3 is 2.39 bits per heavy atom. The Hall–Kier alpha value is -3.78. The molecule has 0 aliphatic carbocycles. The highest BCUT2D eigenvalue weighted by Gasteiger charge is 2.41. The monoisotopic (exact) mass is 523 g/mol. The zero-order valence-corrected chi connectivity index (χ0v) is 20.9. The van der Waals surface area contributed by atoms with E-state index in [4.69, 9.17) is 9.15 Å². The molecular weight excluding hydrogens is 495 g/mol. The van der Waals surface area contributed by atoms with Crippen molar-refractivity contribution in [1.82, 2.24) is 4.90 Å². The smallest absolute Gasteiger partial charge is 0.453 e. The van der Waals surface area contributed by atoms with Crippen molar-refractivity contribution < 1.29 is 27.4 Å². The number of nitrogens with zero attached hydrogens (tertiary/aromatic N) is 1. The van der Waals surface area contributed by atoms with Crippen LogP contribution < -0.4 is 10.2 Å². The predicted molar refractivity (Wildman–Crippen MR) is 139 cm³/mol. The number of likely N-dealkylation sites (tertiary alicyclic amines) is 1. The van der Waals surface area contributed by atoms with Gasteiger partial charge in [-0.1, -0.05) is 55.8 Å². The Morgan fingerprint density at radius 1 is 1.00 bits per heavy atom. The summed E-state index contributed by atoms with van der Waals surface area (Å²) in [6.45, 7) is 3.00. The van der Waals surface area contributed by atoms with Crippen LogP contribution in [-0.2, 0) is 12.7 Å². The van der Waals surface area contributed by atoms with Gasteiger partial charge in [-0.3, -0.25) is 9.69 Å². The van der Waals surface area contributed by atoms with E-state index in [0.29, 0.717) is 0 Å². The molecule has 1 aliphatic heterocycles. The van der Waals surface area contributed by atoms with Crippen molar-refractivity contribution in [3.8, 4) is 28.4 Å². The quantitative estimate of drug-likeness (QED) is 0.280. The van der Waals surface area contributed by atoms with E-state index in [0.717, 1.165) is 43.4 Å².